The molecule has 0 radical (unpaired) electrons. The van der Waals surface area contributed by atoms with Gasteiger partial charge in [0.15, 0.2) is 0 Å². The van der Waals surface area contributed by atoms with Gasteiger partial charge in [0.05, 0.1) is 5.41 Å². The molecule has 2 nitrogen and oxygen atoms in total. The third-order valence-electron chi connectivity index (χ3n) is 10.8. The SMILES string of the molecule is CC(C)Cc1ccc(C2(c3cccc(-c4ccc(-c5cc(-c6cccnc6)cc(-c6cccnc6)c5)cc4)c3)c3ccccc3-c3ccccc32)cc1. The van der Waals surface area contributed by atoms with E-state index in [0.717, 1.165) is 39.8 Å². The first-order valence-electron chi connectivity index (χ1n) is 18.5. The molecule has 254 valence electrons. The van der Waals surface area contributed by atoms with Crippen molar-refractivity contribution in [3.63, 3.8) is 0 Å². The molecule has 8 aromatic rings. The lowest BCUT2D eigenvalue weighted by Crippen LogP contribution is -2.28. The van der Waals surface area contributed by atoms with Gasteiger partial charge >= 0.3 is 0 Å². The summed E-state index contributed by atoms with van der Waals surface area (Å²) in [5.74, 6) is 0.610. The van der Waals surface area contributed by atoms with E-state index in [2.05, 4.69) is 175 Å². The number of fused-ring (bicyclic) bond motifs is 3. The smallest absolute Gasteiger partial charge is 0.0713 e. The highest BCUT2D eigenvalue weighted by molar-refractivity contribution is 5.87. The Labute approximate surface area is 312 Å². The maximum absolute atomic E-state index is 4.40. The van der Waals surface area contributed by atoms with E-state index >= 15 is 0 Å². The summed E-state index contributed by atoms with van der Waals surface area (Å²) in [5, 5.41) is 0. The van der Waals surface area contributed by atoms with Crippen molar-refractivity contribution in [2.75, 3.05) is 0 Å². The van der Waals surface area contributed by atoms with Crippen molar-refractivity contribution >= 4 is 0 Å². The monoisotopic (exact) mass is 680 g/mol. The van der Waals surface area contributed by atoms with Crippen LogP contribution in [0.15, 0.2) is 189 Å². The molecule has 1 aliphatic rings. The maximum atomic E-state index is 4.40. The van der Waals surface area contributed by atoms with Crippen molar-refractivity contribution in [2.45, 2.75) is 25.7 Å². The Morgan fingerprint density at radius 1 is 0.415 bits per heavy atom. The van der Waals surface area contributed by atoms with Gasteiger partial charge in [0, 0.05) is 35.9 Å². The van der Waals surface area contributed by atoms with Crippen molar-refractivity contribution in [3.8, 4) is 55.6 Å². The number of hydrogen-bond acceptors (Lipinski definition) is 2. The van der Waals surface area contributed by atoms with E-state index in [1.807, 2.05) is 36.9 Å². The highest BCUT2D eigenvalue weighted by Crippen LogP contribution is 2.56. The van der Waals surface area contributed by atoms with Crippen LogP contribution >= 0.6 is 0 Å². The molecule has 9 rings (SSSR count). The van der Waals surface area contributed by atoms with Crippen LogP contribution in [-0.4, -0.2) is 9.97 Å². The largest absolute Gasteiger partial charge is 0.264 e. The molecule has 1 aliphatic carbocycles. The highest BCUT2D eigenvalue weighted by Gasteiger charge is 2.45. The molecule has 0 unspecified atom stereocenters. The molecule has 2 heterocycles. The second kappa shape index (κ2) is 13.6. The molecular weight excluding hydrogens is 641 g/mol. The normalized spacial score (nSPS) is 12.7. The lowest BCUT2D eigenvalue weighted by atomic mass is 9.67. The van der Waals surface area contributed by atoms with Crippen LogP contribution in [0.1, 0.15) is 41.7 Å². The first kappa shape index (κ1) is 32.5. The van der Waals surface area contributed by atoms with Crippen molar-refractivity contribution in [1.29, 1.82) is 0 Å². The topological polar surface area (TPSA) is 25.8 Å². The molecule has 0 fully saturated rings. The standard InChI is InChI=1S/C51H40N2/c1-35(2)28-36-18-24-45(25-19-36)51(49-16-5-3-14-47(49)48-15-4-6-17-50(48)51)46-13-7-10-39(32-46)37-20-22-38(23-21-37)42-29-43(40-11-8-26-52-33-40)31-44(30-42)41-12-9-27-53-34-41/h3-27,29-35H,28H2,1-2H3. The first-order chi connectivity index (χ1) is 26.1. The van der Waals surface area contributed by atoms with Crippen LogP contribution < -0.4 is 0 Å². The average Bonchev–Trinajstić information content (AvgIpc) is 3.53. The van der Waals surface area contributed by atoms with Gasteiger partial charge in [0.2, 0.25) is 0 Å². The van der Waals surface area contributed by atoms with E-state index in [1.165, 1.54) is 50.1 Å². The maximum Gasteiger partial charge on any atom is 0.0713 e. The van der Waals surface area contributed by atoms with Crippen LogP contribution in [0.2, 0.25) is 0 Å². The molecule has 0 bridgehead atoms. The molecule has 0 spiro atoms. The molecule has 0 saturated heterocycles. The minimum absolute atomic E-state index is 0.436. The van der Waals surface area contributed by atoms with Crippen molar-refractivity contribution in [3.05, 3.63) is 216 Å². The molecule has 6 aromatic carbocycles. The number of hydrogen-bond donors (Lipinski definition) is 0. The second-order valence-corrected chi connectivity index (χ2v) is 14.6. The summed E-state index contributed by atoms with van der Waals surface area (Å²) >= 11 is 0. The number of aromatic nitrogens is 2. The van der Waals surface area contributed by atoms with Crippen LogP contribution in [-0.2, 0) is 11.8 Å². The summed E-state index contributed by atoms with van der Waals surface area (Å²) < 4.78 is 0. The Bertz CT molecular complexity index is 2430. The predicted octanol–water partition coefficient (Wildman–Crippen LogP) is 12.7. The molecule has 53 heavy (non-hydrogen) atoms. The summed E-state index contributed by atoms with van der Waals surface area (Å²) in [6.45, 7) is 4.58. The van der Waals surface area contributed by atoms with Crippen LogP contribution in [0.25, 0.3) is 55.6 Å². The zero-order valence-corrected chi connectivity index (χ0v) is 30.1. The van der Waals surface area contributed by atoms with E-state index in [9.17, 15) is 0 Å². The number of nitrogens with zero attached hydrogens (tertiary/aromatic N) is 2. The van der Waals surface area contributed by atoms with Gasteiger partial charge in [-0.2, -0.15) is 0 Å². The summed E-state index contributed by atoms with van der Waals surface area (Å²) in [6.07, 6.45) is 8.56. The summed E-state index contributed by atoms with van der Waals surface area (Å²) in [4.78, 5) is 8.79. The van der Waals surface area contributed by atoms with Gasteiger partial charge in [-0.05, 0) is 121 Å². The van der Waals surface area contributed by atoms with Gasteiger partial charge in [-0.25, -0.2) is 0 Å². The number of rotatable bonds is 8. The van der Waals surface area contributed by atoms with Crippen LogP contribution in [0.5, 0.6) is 0 Å². The lowest BCUT2D eigenvalue weighted by Gasteiger charge is -2.34. The van der Waals surface area contributed by atoms with Gasteiger partial charge in [-0.15, -0.1) is 0 Å². The molecular formula is C51H40N2. The second-order valence-electron chi connectivity index (χ2n) is 14.6. The Balaban J connectivity index is 1.15. The Morgan fingerprint density at radius 2 is 0.925 bits per heavy atom. The van der Waals surface area contributed by atoms with E-state index in [4.69, 9.17) is 0 Å². The zero-order valence-electron chi connectivity index (χ0n) is 30.1. The Kier molecular flexibility index (Phi) is 8.37. The minimum atomic E-state index is -0.436. The molecule has 2 aromatic heterocycles. The van der Waals surface area contributed by atoms with Gasteiger partial charge in [-0.3, -0.25) is 9.97 Å². The fourth-order valence-corrected chi connectivity index (χ4v) is 8.37. The molecule has 0 atom stereocenters. The lowest BCUT2D eigenvalue weighted by molar-refractivity contribution is 0.646. The van der Waals surface area contributed by atoms with Crippen LogP contribution in [0, 0.1) is 5.92 Å². The van der Waals surface area contributed by atoms with Gasteiger partial charge in [0.1, 0.15) is 0 Å². The molecule has 0 N–H and O–H groups in total. The van der Waals surface area contributed by atoms with Gasteiger partial charge in [0.25, 0.3) is 0 Å². The highest BCUT2D eigenvalue weighted by atomic mass is 14.6. The predicted molar refractivity (Wildman–Crippen MR) is 220 cm³/mol. The van der Waals surface area contributed by atoms with E-state index in [0.29, 0.717) is 5.92 Å². The fraction of sp³-hybridized carbons (Fsp3) is 0.0980. The van der Waals surface area contributed by atoms with Gasteiger partial charge < -0.3 is 0 Å². The van der Waals surface area contributed by atoms with Gasteiger partial charge in [-0.1, -0.05) is 141 Å². The fourth-order valence-electron chi connectivity index (χ4n) is 8.37. The van der Waals surface area contributed by atoms with E-state index in [-0.39, 0.29) is 0 Å². The molecule has 0 saturated carbocycles. The average molecular weight is 681 g/mol. The molecule has 0 aliphatic heterocycles. The summed E-state index contributed by atoms with van der Waals surface area (Å²) in [7, 11) is 0. The van der Waals surface area contributed by atoms with Crippen molar-refractivity contribution < 1.29 is 0 Å². The Hall–Kier alpha value is -6.38. The number of pyridine rings is 2. The summed E-state index contributed by atoms with van der Waals surface area (Å²) in [5.41, 5.74) is 18.0. The molecule has 0 amide bonds. The van der Waals surface area contributed by atoms with E-state index in [1.54, 1.807) is 0 Å². The quantitative estimate of drug-likeness (QED) is 0.160. The first-order valence-corrected chi connectivity index (χ1v) is 18.5. The minimum Gasteiger partial charge on any atom is -0.264 e. The van der Waals surface area contributed by atoms with Crippen molar-refractivity contribution in [2.24, 2.45) is 5.92 Å². The van der Waals surface area contributed by atoms with Crippen LogP contribution in [0.4, 0.5) is 0 Å². The zero-order chi connectivity index (χ0) is 35.8. The van der Waals surface area contributed by atoms with E-state index < -0.39 is 5.41 Å². The van der Waals surface area contributed by atoms with Crippen LogP contribution in [0.3, 0.4) is 0 Å². The number of benzene rings is 6. The third-order valence-corrected chi connectivity index (χ3v) is 10.8. The molecule has 2 heteroatoms. The Morgan fingerprint density at radius 3 is 1.45 bits per heavy atom. The summed E-state index contributed by atoms with van der Waals surface area (Å²) in [6, 6.07) is 60.6. The van der Waals surface area contributed by atoms with Crippen molar-refractivity contribution in [1.82, 2.24) is 9.97 Å². The third kappa shape index (κ3) is 5.87.